The number of aromatic nitrogens is 4. The summed E-state index contributed by atoms with van der Waals surface area (Å²) in [5.41, 5.74) is 0.929. The number of H-pyrrole nitrogens is 1. The van der Waals surface area contributed by atoms with Gasteiger partial charge in [-0.2, -0.15) is 18.3 Å². The van der Waals surface area contributed by atoms with Crippen molar-refractivity contribution in [3.8, 4) is 11.4 Å². The average molecular weight is 412 g/mol. The molecule has 3 rings (SSSR count). The highest BCUT2D eigenvalue weighted by molar-refractivity contribution is 6.30. The second-order valence-corrected chi connectivity index (χ2v) is 6.10. The number of aliphatic hydroxyl groups is 1. The molecule has 0 spiro atoms. The van der Waals surface area contributed by atoms with Crippen molar-refractivity contribution in [3.05, 3.63) is 59.1 Å². The smallest absolute Gasteiger partial charge is 0.392 e. The zero-order valence-corrected chi connectivity index (χ0v) is 14.9. The molecule has 28 heavy (non-hydrogen) atoms. The van der Waals surface area contributed by atoms with Gasteiger partial charge in [-0.1, -0.05) is 11.6 Å². The lowest BCUT2D eigenvalue weighted by Crippen LogP contribution is -2.41. The van der Waals surface area contributed by atoms with Gasteiger partial charge in [-0.3, -0.25) is 19.8 Å². The van der Waals surface area contributed by atoms with Crippen LogP contribution < -0.4 is 4.90 Å². The number of benzene rings is 1. The van der Waals surface area contributed by atoms with Crippen LogP contribution in [0.5, 0.6) is 0 Å². The van der Waals surface area contributed by atoms with Gasteiger partial charge in [-0.25, -0.2) is 4.98 Å². The minimum absolute atomic E-state index is 0.00429. The summed E-state index contributed by atoms with van der Waals surface area (Å²) in [5.74, 6) is -1.85. The maximum absolute atomic E-state index is 13.0. The molecule has 146 valence electrons. The van der Waals surface area contributed by atoms with Crippen LogP contribution in [0.25, 0.3) is 11.4 Å². The molecule has 2 N–H and O–H groups in total. The van der Waals surface area contributed by atoms with Crippen molar-refractivity contribution in [1.29, 1.82) is 0 Å². The normalized spacial score (nSPS) is 11.5. The van der Waals surface area contributed by atoms with E-state index in [9.17, 15) is 23.1 Å². The number of halogens is 4. The zero-order valence-electron chi connectivity index (χ0n) is 14.1. The Morgan fingerprint density at radius 1 is 1.21 bits per heavy atom. The van der Waals surface area contributed by atoms with Gasteiger partial charge in [-0.15, -0.1) is 0 Å². The molecule has 1 amide bonds. The van der Waals surface area contributed by atoms with E-state index in [-0.39, 0.29) is 23.9 Å². The maximum atomic E-state index is 13.0. The van der Waals surface area contributed by atoms with E-state index in [4.69, 9.17) is 11.6 Å². The quantitative estimate of drug-likeness (QED) is 0.672. The molecular formula is C17H13ClF3N5O2. The van der Waals surface area contributed by atoms with Gasteiger partial charge >= 0.3 is 12.1 Å². The molecule has 7 nitrogen and oxygen atoms in total. The zero-order chi connectivity index (χ0) is 20.3. The topological polar surface area (TPSA) is 95.0 Å². The predicted molar refractivity (Wildman–Crippen MR) is 94.2 cm³/mol. The van der Waals surface area contributed by atoms with E-state index >= 15 is 0 Å². The first-order valence-corrected chi connectivity index (χ1v) is 8.27. The third-order valence-corrected chi connectivity index (χ3v) is 4.03. The molecule has 1 aromatic carbocycles. The van der Waals surface area contributed by atoms with Crippen molar-refractivity contribution < 1.29 is 23.1 Å². The van der Waals surface area contributed by atoms with Crippen molar-refractivity contribution in [3.63, 3.8) is 0 Å². The first-order valence-electron chi connectivity index (χ1n) is 7.89. The van der Waals surface area contributed by atoms with Gasteiger partial charge in [0, 0.05) is 34.2 Å². The Hall–Kier alpha value is -2.98. The third kappa shape index (κ3) is 4.29. The summed E-state index contributed by atoms with van der Waals surface area (Å²) in [4.78, 5) is 20.4. The van der Waals surface area contributed by atoms with E-state index in [1.165, 1.54) is 36.7 Å². The molecule has 0 atom stereocenters. The summed E-state index contributed by atoms with van der Waals surface area (Å²) in [5, 5.41) is 16.2. The number of carbonyl (C=O) groups is 1. The molecule has 0 radical (unpaired) electrons. The summed E-state index contributed by atoms with van der Waals surface area (Å²) < 4.78 is 39.1. The second kappa shape index (κ2) is 7.95. The van der Waals surface area contributed by atoms with Crippen LogP contribution in [-0.4, -0.2) is 37.4 Å². The fourth-order valence-electron chi connectivity index (χ4n) is 2.46. The molecule has 0 saturated carbocycles. The fraction of sp³-hybridized carbons (Fsp3) is 0.176. The lowest BCUT2D eigenvalue weighted by Gasteiger charge is -2.22. The summed E-state index contributed by atoms with van der Waals surface area (Å²) in [6.45, 7) is -0.803. The number of nitrogens with one attached hydrogen (secondary N) is 1. The van der Waals surface area contributed by atoms with E-state index < -0.39 is 18.6 Å². The molecular weight excluding hydrogens is 399 g/mol. The average Bonchev–Trinajstić information content (AvgIpc) is 3.14. The molecule has 0 aliphatic heterocycles. The van der Waals surface area contributed by atoms with Crippen molar-refractivity contribution in [2.75, 3.05) is 4.90 Å². The van der Waals surface area contributed by atoms with Crippen LogP contribution >= 0.6 is 11.6 Å². The van der Waals surface area contributed by atoms with E-state index in [1.807, 2.05) is 0 Å². The predicted octanol–water partition coefficient (Wildman–Crippen LogP) is 3.11. The Bertz CT molecular complexity index is 975. The van der Waals surface area contributed by atoms with Gasteiger partial charge < -0.3 is 5.11 Å². The van der Waals surface area contributed by atoms with Crippen LogP contribution in [0.15, 0.2) is 42.7 Å². The molecule has 2 heterocycles. The molecule has 0 bridgehead atoms. The minimum Gasteiger partial charge on any atom is -0.392 e. The maximum Gasteiger partial charge on any atom is 0.471 e. The number of aromatic amines is 1. The van der Waals surface area contributed by atoms with Gasteiger partial charge in [0.15, 0.2) is 5.82 Å². The van der Waals surface area contributed by atoms with Crippen LogP contribution in [-0.2, 0) is 17.9 Å². The molecule has 11 heteroatoms. The van der Waals surface area contributed by atoms with Crippen LogP contribution in [0.3, 0.4) is 0 Å². The minimum atomic E-state index is -5.07. The molecule has 2 aromatic heterocycles. The summed E-state index contributed by atoms with van der Waals surface area (Å²) in [7, 11) is 0. The highest BCUT2D eigenvalue weighted by atomic mass is 35.5. The number of hydrogen-bond donors (Lipinski definition) is 2. The van der Waals surface area contributed by atoms with Crippen molar-refractivity contribution in [1.82, 2.24) is 20.2 Å². The number of alkyl halides is 3. The number of aliphatic hydroxyl groups excluding tert-OH is 1. The number of amides is 1. The SMILES string of the molecule is O=C(N(Cc1nc(-c2ccncc2CO)n[nH]1)c1ccc(Cl)cc1)C(F)(F)F. The number of rotatable bonds is 5. The van der Waals surface area contributed by atoms with Crippen LogP contribution in [0.2, 0.25) is 5.02 Å². The highest BCUT2D eigenvalue weighted by Crippen LogP contribution is 2.27. The summed E-state index contributed by atoms with van der Waals surface area (Å²) >= 11 is 5.77. The van der Waals surface area contributed by atoms with E-state index in [2.05, 4.69) is 20.2 Å². The van der Waals surface area contributed by atoms with E-state index in [0.717, 1.165) is 0 Å². The van der Waals surface area contributed by atoms with Crippen LogP contribution in [0, 0.1) is 0 Å². The standard InChI is InChI=1S/C17H13ClF3N5O2/c18-11-1-3-12(4-2-11)26(16(28)17(19,20)21)8-14-23-15(25-24-14)13-5-6-22-7-10(13)9-27/h1-7,27H,8-9H2,(H,23,24,25). The number of nitrogens with zero attached hydrogens (tertiary/aromatic N) is 4. The van der Waals surface area contributed by atoms with E-state index in [0.29, 0.717) is 21.0 Å². The first-order chi connectivity index (χ1) is 13.3. The Labute approximate surface area is 161 Å². The van der Waals surface area contributed by atoms with Crippen molar-refractivity contribution >= 4 is 23.2 Å². The largest absolute Gasteiger partial charge is 0.471 e. The van der Waals surface area contributed by atoms with Crippen molar-refractivity contribution in [2.45, 2.75) is 19.3 Å². The van der Waals surface area contributed by atoms with Gasteiger partial charge in [-0.05, 0) is 30.3 Å². The first kappa shape index (κ1) is 19.8. The second-order valence-electron chi connectivity index (χ2n) is 5.66. The van der Waals surface area contributed by atoms with Gasteiger partial charge in [0.05, 0.1) is 13.2 Å². The summed E-state index contributed by atoms with van der Waals surface area (Å²) in [6, 6.07) is 6.93. The highest BCUT2D eigenvalue weighted by Gasteiger charge is 2.43. The van der Waals surface area contributed by atoms with Crippen LogP contribution in [0.1, 0.15) is 11.4 Å². The molecule has 0 aliphatic rings. The Balaban J connectivity index is 1.92. The monoisotopic (exact) mass is 411 g/mol. The number of carbonyl (C=O) groups excluding carboxylic acids is 1. The summed E-state index contributed by atoms with van der Waals surface area (Å²) in [6.07, 6.45) is -2.17. The van der Waals surface area contributed by atoms with Crippen molar-refractivity contribution in [2.24, 2.45) is 0 Å². The van der Waals surface area contributed by atoms with E-state index in [1.54, 1.807) is 6.07 Å². The molecule has 0 aliphatic carbocycles. The van der Waals surface area contributed by atoms with Crippen LogP contribution in [0.4, 0.5) is 18.9 Å². The number of pyridine rings is 1. The molecule has 0 unspecified atom stereocenters. The lowest BCUT2D eigenvalue weighted by atomic mass is 10.1. The van der Waals surface area contributed by atoms with Gasteiger partial charge in [0.2, 0.25) is 0 Å². The molecule has 0 saturated heterocycles. The molecule has 3 aromatic rings. The Kier molecular flexibility index (Phi) is 5.61. The Morgan fingerprint density at radius 3 is 2.57 bits per heavy atom. The fourth-order valence-corrected chi connectivity index (χ4v) is 2.59. The van der Waals surface area contributed by atoms with Gasteiger partial charge in [0.1, 0.15) is 5.82 Å². The number of hydrogen-bond acceptors (Lipinski definition) is 5. The molecule has 0 fully saturated rings. The third-order valence-electron chi connectivity index (χ3n) is 3.78. The van der Waals surface area contributed by atoms with Gasteiger partial charge in [0.25, 0.3) is 0 Å². The Morgan fingerprint density at radius 2 is 1.93 bits per heavy atom. The number of anilines is 1. The lowest BCUT2D eigenvalue weighted by molar-refractivity contribution is -0.170.